The molecule has 0 aromatic heterocycles. The number of carbonyl (C=O) groups excluding carboxylic acids is 2. The van der Waals surface area contributed by atoms with Crippen molar-refractivity contribution in [2.75, 3.05) is 26.7 Å². The number of rotatable bonds is 5. The highest BCUT2D eigenvalue weighted by atomic mass is 16.5. The lowest BCUT2D eigenvalue weighted by Gasteiger charge is -2.33. The molecule has 0 bridgehead atoms. The average molecular weight is 327 g/mol. The number of nitrogens with one attached hydrogen (secondary N) is 1. The number of likely N-dealkylation sites (N-methyl/N-ethyl adjacent to an activating group) is 1. The third kappa shape index (κ3) is 2.64. The molecule has 1 N–H and O–H groups in total. The predicted molar refractivity (Wildman–Crippen MR) is 90.4 cm³/mol. The minimum Gasteiger partial charge on any atom is -0.494 e. The molecule has 0 spiro atoms. The Kier molecular flexibility index (Phi) is 4.29. The van der Waals surface area contributed by atoms with Crippen LogP contribution in [0.1, 0.15) is 18.5 Å². The molecule has 6 nitrogen and oxygen atoms in total. The summed E-state index contributed by atoms with van der Waals surface area (Å²) in [4.78, 5) is 28.3. The van der Waals surface area contributed by atoms with Gasteiger partial charge >= 0.3 is 6.03 Å². The Balaban J connectivity index is 1.99. The zero-order chi connectivity index (χ0) is 17.3. The Hall–Kier alpha value is -2.76. The summed E-state index contributed by atoms with van der Waals surface area (Å²) in [6.07, 6.45) is 1.66. The van der Waals surface area contributed by atoms with E-state index in [1.54, 1.807) is 22.9 Å². The molecule has 2 aliphatic rings. The summed E-state index contributed by atoms with van der Waals surface area (Å²) in [6.45, 7) is 7.02. The third-order valence-electron chi connectivity index (χ3n) is 4.24. The maximum atomic E-state index is 12.6. The van der Waals surface area contributed by atoms with E-state index in [1.165, 1.54) is 0 Å². The molecule has 24 heavy (non-hydrogen) atoms. The molecular weight excluding hydrogens is 306 g/mol. The number of hydrogen-bond acceptors (Lipinski definition) is 3. The van der Waals surface area contributed by atoms with E-state index < -0.39 is 6.04 Å². The number of hydrogen-bond donors (Lipinski definition) is 1. The number of urea groups is 1. The Morgan fingerprint density at radius 2 is 2.04 bits per heavy atom. The fraction of sp³-hybridized carbons (Fsp3) is 0.333. The first-order chi connectivity index (χ1) is 11.6. The second-order valence-corrected chi connectivity index (χ2v) is 5.81. The molecule has 0 aliphatic carbocycles. The van der Waals surface area contributed by atoms with E-state index in [9.17, 15) is 9.59 Å². The van der Waals surface area contributed by atoms with Crippen molar-refractivity contribution in [2.45, 2.75) is 13.0 Å². The largest absolute Gasteiger partial charge is 0.494 e. The highest BCUT2D eigenvalue weighted by Gasteiger charge is 2.42. The van der Waals surface area contributed by atoms with E-state index in [-0.39, 0.29) is 11.9 Å². The second kappa shape index (κ2) is 6.39. The first-order valence-electron chi connectivity index (χ1n) is 7.97. The molecule has 0 saturated heterocycles. The Morgan fingerprint density at radius 3 is 2.67 bits per heavy atom. The number of carbonyl (C=O) groups is 2. The van der Waals surface area contributed by atoms with Gasteiger partial charge in [-0.15, -0.1) is 6.58 Å². The van der Waals surface area contributed by atoms with Crippen molar-refractivity contribution in [3.05, 3.63) is 53.8 Å². The van der Waals surface area contributed by atoms with Crippen molar-refractivity contribution in [3.8, 4) is 5.75 Å². The van der Waals surface area contributed by atoms with E-state index in [2.05, 4.69) is 11.9 Å². The van der Waals surface area contributed by atoms with Crippen LogP contribution in [0, 0.1) is 0 Å². The first kappa shape index (κ1) is 16.1. The summed E-state index contributed by atoms with van der Waals surface area (Å²) in [5.41, 5.74) is 2.24. The lowest BCUT2D eigenvalue weighted by molar-refractivity contribution is -0.124. The molecular formula is C18H21N3O3. The molecule has 3 rings (SSSR count). The van der Waals surface area contributed by atoms with Gasteiger partial charge in [-0.2, -0.15) is 0 Å². The second-order valence-electron chi connectivity index (χ2n) is 5.81. The number of nitrogens with zero attached hydrogens (tertiary/aromatic N) is 2. The monoisotopic (exact) mass is 327 g/mol. The van der Waals surface area contributed by atoms with Crippen LogP contribution in [0.4, 0.5) is 4.79 Å². The van der Waals surface area contributed by atoms with Gasteiger partial charge in [-0.25, -0.2) is 4.79 Å². The first-order valence-corrected chi connectivity index (χ1v) is 7.97. The van der Waals surface area contributed by atoms with E-state index in [1.807, 2.05) is 31.2 Å². The topological polar surface area (TPSA) is 61.9 Å². The van der Waals surface area contributed by atoms with Gasteiger partial charge in [-0.05, 0) is 24.6 Å². The van der Waals surface area contributed by atoms with Crippen molar-refractivity contribution in [1.29, 1.82) is 0 Å². The lowest BCUT2D eigenvalue weighted by atomic mass is 9.95. The Bertz CT molecular complexity index is 709. The van der Waals surface area contributed by atoms with Crippen LogP contribution in [0.5, 0.6) is 5.75 Å². The number of amides is 3. The van der Waals surface area contributed by atoms with Crippen LogP contribution in [0.25, 0.3) is 0 Å². The molecule has 1 aromatic rings. The fourth-order valence-corrected chi connectivity index (χ4v) is 3.12. The van der Waals surface area contributed by atoms with Crippen molar-refractivity contribution in [2.24, 2.45) is 0 Å². The van der Waals surface area contributed by atoms with Gasteiger partial charge in [0.2, 0.25) is 0 Å². The maximum absolute atomic E-state index is 12.6. The third-order valence-corrected chi connectivity index (χ3v) is 4.24. The SMILES string of the molecule is C=CCN1C(=O)NC(c2ccc(OCC)cc2)C2=C1CN(C)C2=O. The van der Waals surface area contributed by atoms with Gasteiger partial charge in [-0.3, -0.25) is 9.69 Å². The van der Waals surface area contributed by atoms with Crippen LogP contribution in [0.2, 0.25) is 0 Å². The summed E-state index contributed by atoms with van der Waals surface area (Å²) in [5, 5.41) is 2.93. The van der Waals surface area contributed by atoms with Crippen LogP contribution in [0.3, 0.4) is 0 Å². The van der Waals surface area contributed by atoms with Gasteiger partial charge in [0, 0.05) is 13.6 Å². The van der Waals surface area contributed by atoms with Crippen LogP contribution in [-0.4, -0.2) is 48.5 Å². The van der Waals surface area contributed by atoms with E-state index in [4.69, 9.17) is 4.74 Å². The van der Waals surface area contributed by atoms with Gasteiger partial charge in [0.1, 0.15) is 5.75 Å². The molecule has 0 radical (unpaired) electrons. The van der Waals surface area contributed by atoms with Gasteiger partial charge < -0.3 is 15.0 Å². The zero-order valence-corrected chi connectivity index (χ0v) is 13.9. The van der Waals surface area contributed by atoms with E-state index in [0.29, 0.717) is 25.3 Å². The Labute approximate surface area is 141 Å². The molecule has 6 heteroatoms. The summed E-state index contributed by atoms with van der Waals surface area (Å²) in [6, 6.07) is 6.82. The maximum Gasteiger partial charge on any atom is 0.322 e. The molecule has 1 aromatic carbocycles. The summed E-state index contributed by atoms with van der Waals surface area (Å²) in [5.74, 6) is 0.707. The van der Waals surface area contributed by atoms with Crippen molar-refractivity contribution in [3.63, 3.8) is 0 Å². The molecule has 2 aliphatic heterocycles. The van der Waals surface area contributed by atoms with E-state index in [0.717, 1.165) is 17.0 Å². The quantitative estimate of drug-likeness (QED) is 0.842. The van der Waals surface area contributed by atoms with Crippen LogP contribution in [-0.2, 0) is 4.79 Å². The standard InChI is InChI=1S/C18H21N3O3/c1-4-10-21-14-11-20(3)17(22)15(14)16(19-18(21)23)12-6-8-13(9-7-12)24-5-2/h4,6-9,16H,1,5,10-11H2,2-3H3,(H,19,23). The minimum atomic E-state index is -0.443. The summed E-state index contributed by atoms with van der Waals surface area (Å²) in [7, 11) is 1.74. The summed E-state index contributed by atoms with van der Waals surface area (Å²) < 4.78 is 5.45. The van der Waals surface area contributed by atoms with Crippen LogP contribution < -0.4 is 10.1 Å². The Morgan fingerprint density at radius 1 is 1.33 bits per heavy atom. The summed E-state index contributed by atoms with van der Waals surface area (Å²) >= 11 is 0. The molecule has 0 fully saturated rings. The van der Waals surface area contributed by atoms with Gasteiger partial charge in [0.05, 0.1) is 30.5 Å². The fourth-order valence-electron chi connectivity index (χ4n) is 3.12. The normalized spacial score (nSPS) is 20.2. The molecule has 0 saturated carbocycles. The van der Waals surface area contributed by atoms with Gasteiger partial charge in [-0.1, -0.05) is 18.2 Å². The lowest BCUT2D eigenvalue weighted by Crippen LogP contribution is -2.47. The molecule has 3 amide bonds. The molecule has 126 valence electrons. The van der Waals surface area contributed by atoms with Crippen molar-refractivity contribution >= 4 is 11.9 Å². The van der Waals surface area contributed by atoms with Gasteiger partial charge in [0.15, 0.2) is 0 Å². The van der Waals surface area contributed by atoms with Crippen LogP contribution >= 0.6 is 0 Å². The van der Waals surface area contributed by atoms with Crippen molar-refractivity contribution in [1.82, 2.24) is 15.1 Å². The minimum absolute atomic E-state index is 0.0575. The molecule has 1 unspecified atom stereocenters. The highest BCUT2D eigenvalue weighted by Crippen LogP contribution is 2.36. The average Bonchev–Trinajstić information content (AvgIpc) is 2.87. The zero-order valence-electron chi connectivity index (χ0n) is 13.9. The predicted octanol–water partition coefficient (Wildman–Crippen LogP) is 2.06. The number of ether oxygens (including phenoxy) is 1. The highest BCUT2D eigenvalue weighted by molar-refractivity contribution is 6.01. The van der Waals surface area contributed by atoms with Crippen LogP contribution in [0.15, 0.2) is 48.2 Å². The molecule has 2 heterocycles. The molecule has 1 atom stereocenters. The van der Waals surface area contributed by atoms with E-state index >= 15 is 0 Å². The smallest absolute Gasteiger partial charge is 0.322 e. The van der Waals surface area contributed by atoms with Gasteiger partial charge in [0.25, 0.3) is 5.91 Å². The number of benzene rings is 1. The van der Waals surface area contributed by atoms with Crippen molar-refractivity contribution < 1.29 is 14.3 Å².